The van der Waals surface area contributed by atoms with E-state index in [1.807, 2.05) is 4.90 Å². The van der Waals surface area contributed by atoms with Crippen LogP contribution in [0.15, 0.2) is 24.9 Å². The van der Waals surface area contributed by atoms with Gasteiger partial charge in [-0.15, -0.1) is 0 Å². The van der Waals surface area contributed by atoms with Crippen molar-refractivity contribution in [1.82, 2.24) is 4.90 Å². The molecule has 1 aliphatic heterocycles. The molecule has 1 atom stereocenters. The number of rotatable bonds is 4. The van der Waals surface area contributed by atoms with Gasteiger partial charge < -0.3 is 9.64 Å². The van der Waals surface area contributed by atoms with E-state index in [1.54, 1.807) is 6.08 Å². The molecule has 0 N–H and O–H groups in total. The maximum absolute atomic E-state index is 10.6. The quantitative estimate of drug-likeness (QED) is 0.354. The number of carbonyl (C=O) groups is 1. The average molecular weight is 167 g/mol. The minimum atomic E-state index is -0.271. The maximum atomic E-state index is 10.6. The van der Waals surface area contributed by atoms with Crippen LogP contribution in [0.25, 0.3) is 0 Å². The first-order valence-electron chi connectivity index (χ1n) is 3.86. The van der Waals surface area contributed by atoms with Crippen LogP contribution in [0.5, 0.6) is 0 Å². The fraction of sp³-hybridized carbons (Fsp3) is 0.444. The summed E-state index contributed by atoms with van der Waals surface area (Å²) >= 11 is 0. The summed E-state index contributed by atoms with van der Waals surface area (Å²) < 4.78 is 4.96. The number of hydrogen-bond donors (Lipinski definition) is 0. The largest absolute Gasteiger partial charge is 0.456 e. The van der Waals surface area contributed by atoms with Gasteiger partial charge in [0, 0.05) is 12.6 Å². The fourth-order valence-electron chi connectivity index (χ4n) is 0.969. The molecular formula is C9H13NO2. The fourth-order valence-corrected chi connectivity index (χ4v) is 0.969. The molecule has 1 heterocycles. The van der Waals surface area contributed by atoms with E-state index in [9.17, 15) is 4.79 Å². The molecule has 3 nitrogen and oxygen atoms in total. The summed E-state index contributed by atoms with van der Waals surface area (Å²) in [7, 11) is 0. The lowest BCUT2D eigenvalue weighted by Crippen LogP contribution is -2.22. The van der Waals surface area contributed by atoms with Gasteiger partial charge in [-0.1, -0.05) is 13.2 Å². The third kappa shape index (κ3) is 2.42. The lowest BCUT2D eigenvalue weighted by molar-refractivity contribution is -0.144. The monoisotopic (exact) mass is 167 g/mol. The maximum Gasteiger partial charge on any atom is 0.303 e. The van der Waals surface area contributed by atoms with Crippen molar-refractivity contribution in [3.8, 4) is 0 Å². The Morgan fingerprint density at radius 1 is 1.92 bits per heavy atom. The zero-order valence-corrected chi connectivity index (χ0v) is 7.25. The molecule has 0 spiro atoms. The molecule has 1 fully saturated rings. The second-order valence-electron chi connectivity index (χ2n) is 2.83. The molecule has 1 rings (SSSR count). The van der Waals surface area contributed by atoms with Gasteiger partial charge in [0.05, 0.1) is 13.1 Å². The number of esters is 1. The highest BCUT2D eigenvalue weighted by Gasteiger charge is 2.25. The van der Waals surface area contributed by atoms with Crippen molar-refractivity contribution in [2.75, 3.05) is 13.1 Å². The molecule has 0 aliphatic carbocycles. The molecule has 0 aromatic rings. The Balaban J connectivity index is 2.30. The summed E-state index contributed by atoms with van der Waals surface area (Å²) in [4.78, 5) is 12.6. The zero-order valence-electron chi connectivity index (χ0n) is 7.25. The Morgan fingerprint density at radius 2 is 2.50 bits per heavy atom. The molecule has 0 radical (unpaired) electrons. The van der Waals surface area contributed by atoms with E-state index in [0.29, 0.717) is 6.54 Å². The summed E-state index contributed by atoms with van der Waals surface area (Å²) in [5.41, 5.74) is 1.09. The van der Waals surface area contributed by atoms with Crippen LogP contribution >= 0.6 is 0 Å². The molecule has 0 amide bonds. The van der Waals surface area contributed by atoms with Crippen LogP contribution in [-0.2, 0) is 9.53 Å². The van der Waals surface area contributed by atoms with E-state index in [4.69, 9.17) is 4.74 Å². The Bertz CT molecular complexity index is 223. The van der Waals surface area contributed by atoms with E-state index in [1.165, 1.54) is 6.92 Å². The first-order chi connectivity index (χ1) is 5.63. The van der Waals surface area contributed by atoms with Crippen molar-refractivity contribution in [2.24, 2.45) is 0 Å². The minimum Gasteiger partial charge on any atom is -0.456 e. The Labute approximate surface area is 72.3 Å². The predicted molar refractivity (Wildman–Crippen MR) is 46.5 cm³/mol. The molecule has 12 heavy (non-hydrogen) atoms. The van der Waals surface area contributed by atoms with Crippen molar-refractivity contribution in [2.45, 2.75) is 13.0 Å². The molecular weight excluding hydrogens is 154 g/mol. The summed E-state index contributed by atoms with van der Waals surface area (Å²) in [6, 6.07) is 0. The van der Waals surface area contributed by atoms with Crippen LogP contribution in [0.3, 0.4) is 0 Å². The van der Waals surface area contributed by atoms with Gasteiger partial charge in [-0.05, 0) is 6.08 Å². The lowest BCUT2D eigenvalue weighted by Gasteiger charge is -2.12. The van der Waals surface area contributed by atoms with Crippen molar-refractivity contribution in [3.05, 3.63) is 24.9 Å². The van der Waals surface area contributed by atoms with E-state index in [0.717, 1.165) is 12.2 Å². The molecule has 66 valence electrons. The van der Waals surface area contributed by atoms with Gasteiger partial charge in [0.25, 0.3) is 0 Å². The van der Waals surface area contributed by atoms with Crippen LogP contribution in [0, 0.1) is 0 Å². The highest BCUT2D eigenvalue weighted by molar-refractivity contribution is 5.66. The molecule has 1 aliphatic rings. The Hall–Kier alpha value is -1.25. The van der Waals surface area contributed by atoms with Crippen LogP contribution in [0.4, 0.5) is 0 Å². The lowest BCUT2D eigenvalue weighted by atomic mass is 10.3. The number of nitrogens with zero attached hydrogens (tertiary/aromatic N) is 1. The third-order valence-corrected chi connectivity index (χ3v) is 1.70. The summed E-state index contributed by atoms with van der Waals surface area (Å²) in [6.45, 7) is 10.3. The van der Waals surface area contributed by atoms with E-state index in [2.05, 4.69) is 13.2 Å². The predicted octanol–water partition coefficient (Wildman–Crippen LogP) is 0.933. The number of ether oxygens (including phenoxy) is 1. The molecule has 0 unspecified atom stereocenters. The topological polar surface area (TPSA) is 29.3 Å². The van der Waals surface area contributed by atoms with Gasteiger partial charge in [-0.3, -0.25) is 4.79 Å². The Morgan fingerprint density at radius 3 is 2.83 bits per heavy atom. The highest BCUT2D eigenvalue weighted by Crippen LogP contribution is 2.20. The molecule has 0 aromatic carbocycles. The first-order valence-corrected chi connectivity index (χ1v) is 3.86. The van der Waals surface area contributed by atoms with Crippen molar-refractivity contribution in [3.63, 3.8) is 0 Å². The number of carbonyl (C=O) groups excluding carboxylic acids is 1. The molecule has 0 bridgehead atoms. The van der Waals surface area contributed by atoms with Crippen molar-refractivity contribution in [1.29, 1.82) is 0 Å². The normalized spacial score (nSPS) is 17.1. The van der Waals surface area contributed by atoms with Crippen LogP contribution in [-0.4, -0.2) is 30.1 Å². The third-order valence-electron chi connectivity index (χ3n) is 1.70. The molecule has 3 heteroatoms. The van der Waals surface area contributed by atoms with Gasteiger partial charge in [-0.25, -0.2) is 0 Å². The Kier molecular flexibility index (Phi) is 2.53. The van der Waals surface area contributed by atoms with Crippen LogP contribution in [0.1, 0.15) is 6.92 Å². The number of hydrogen-bond acceptors (Lipinski definition) is 3. The van der Waals surface area contributed by atoms with Crippen molar-refractivity contribution >= 4 is 5.97 Å². The first kappa shape index (κ1) is 8.84. The van der Waals surface area contributed by atoms with Gasteiger partial charge in [0.15, 0.2) is 0 Å². The van der Waals surface area contributed by atoms with E-state index in [-0.39, 0.29) is 12.1 Å². The van der Waals surface area contributed by atoms with Crippen LogP contribution < -0.4 is 0 Å². The summed E-state index contributed by atoms with van der Waals surface area (Å²) in [5, 5.41) is 0. The average Bonchev–Trinajstić information content (AvgIpc) is 2.64. The molecule has 0 saturated carbocycles. The van der Waals surface area contributed by atoms with Crippen molar-refractivity contribution < 1.29 is 9.53 Å². The van der Waals surface area contributed by atoms with Gasteiger partial charge >= 0.3 is 5.97 Å². The standard InChI is InChI=1S/C9H13NO2/c1-4-9(12-8(3)11)6-10-5-7(10)2/h4,9H,1-2,5-6H2,3H3/t9-,10?/m0/s1. The van der Waals surface area contributed by atoms with E-state index >= 15 is 0 Å². The molecule has 0 aromatic heterocycles. The second kappa shape index (κ2) is 3.43. The zero-order chi connectivity index (χ0) is 9.14. The summed E-state index contributed by atoms with van der Waals surface area (Å²) in [5.74, 6) is -0.271. The molecule has 1 saturated heterocycles. The second-order valence-corrected chi connectivity index (χ2v) is 2.83. The van der Waals surface area contributed by atoms with Crippen LogP contribution in [0.2, 0.25) is 0 Å². The van der Waals surface area contributed by atoms with E-state index < -0.39 is 0 Å². The summed E-state index contributed by atoms with van der Waals surface area (Å²) in [6.07, 6.45) is 1.43. The minimum absolute atomic E-state index is 0.207. The van der Waals surface area contributed by atoms with Gasteiger partial charge in [0.1, 0.15) is 6.10 Å². The SMILES string of the molecule is C=C[C@@H](CN1CC1=C)OC(C)=O. The smallest absolute Gasteiger partial charge is 0.303 e. The highest BCUT2D eigenvalue weighted by atomic mass is 16.5. The van der Waals surface area contributed by atoms with Gasteiger partial charge in [0.2, 0.25) is 0 Å². The van der Waals surface area contributed by atoms with Gasteiger partial charge in [-0.2, -0.15) is 0 Å².